The fourth-order valence-electron chi connectivity index (χ4n) is 3.13. The van der Waals surface area contributed by atoms with Gasteiger partial charge in [-0.05, 0) is 29.3 Å². The Kier molecular flexibility index (Phi) is 4.29. The lowest BCUT2D eigenvalue weighted by molar-refractivity contribution is 0.0994. The summed E-state index contributed by atoms with van der Waals surface area (Å²) in [7, 11) is 0. The van der Waals surface area contributed by atoms with Crippen molar-refractivity contribution in [3.63, 3.8) is 0 Å². The first-order valence-electron chi connectivity index (χ1n) is 8.44. The molecule has 4 rings (SSSR count). The molecule has 6 nitrogen and oxygen atoms in total. The van der Waals surface area contributed by atoms with Crippen molar-refractivity contribution in [2.24, 2.45) is 11.5 Å². The third kappa shape index (κ3) is 2.97. The number of pyridine rings is 1. The van der Waals surface area contributed by atoms with E-state index in [9.17, 15) is 9.59 Å². The molecular formula is C21H16N4O2S. The molecule has 2 aromatic carbocycles. The molecule has 2 amide bonds. The van der Waals surface area contributed by atoms with Crippen LogP contribution in [0.1, 0.15) is 20.0 Å². The summed E-state index contributed by atoms with van der Waals surface area (Å²) >= 11 is 1.16. The Balaban J connectivity index is 2.06. The summed E-state index contributed by atoms with van der Waals surface area (Å²) < 4.78 is 0. The average molecular weight is 388 g/mol. The number of nitrogens with zero attached hydrogens (tertiary/aromatic N) is 1. The largest absolute Gasteiger partial charge is 0.397 e. The van der Waals surface area contributed by atoms with Crippen LogP contribution in [-0.4, -0.2) is 16.8 Å². The fourth-order valence-corrected chi connectivity index (χ4v) is 4.10. The molecule has 4 aromatic rings. The van der Waals surface area contributed by atoms with Gasteiger partial charge >= 0.3 is 0 Å². The van der Waals surface area contributed by atoms with Crippen LogP contribution in [0.2, 0.25) is 0 Å². The summed E-state index contributed by atoms with van der Waals surface area (Å²) in [6.45, 7) is 0. The zero-order valence-electron chi connectivity index (χ0n) is 14.7. The van der Waals surface area contributed by atoms with Crippen molar-refractivity contribution >= 4 is 39.1 Å². The molecule has 0 atom stereocenters. The number of hydrogen-bond acceptors (Lipinski definition) is 5. The minimum absolute atomic E-state index is 0.264. The van der Waals surface area contributed by atoms with Crippen molar-refractivity contribution in [2.45, 2.75) is 0 Å². The van der Waals surface area contributed by atoms with Crippen molar-refractivity contribution in [3.05, 3.63) is 71.1 Å². The predicted molar refractivity (Wildman–Crippen MR) is 112 cm³/mol. The number of carbonyl (C=O) groups excluding carboxylic acids is 2. The molecule has 0 bridgehead atoms. The number of aromatic nitrogens is 1. The first kappa shape index (κ1) is 17.7. The number of carbonyl (C=O) groups is 2. The summed E-state index contributed by atoms with van der Waals surface area (Å²) in [5.41, 5.74) is 21.0. The molecule has 0 radical (unpaired) electrons. The Labute approximate surface area is 164 Å². The third-order valence-corrected chi connectivity index (χ3v) is 5.56. The monoisotopic (exact) mass is 388 g/mol. The highest BCUT2D eigenvalue weighted by Crippen LogP contribution is 2.41. The van der Waals surface area contributed by atoms with E-state index in [1.54, 1.807) is 18.2 Å². The van der Waals surface area contributed by atoms with E-state index in [0.29, 0.717) is 21.5 Å². The Morgan fingerprint density at radius 1 is 0.857 bits per heavy atom. The minimum Gasteiger partial charge on any atom is -0.397 e. The fraction of sp³-hybridized carbons (Fsp3) is 0. The van der Waals surface area contributed by atoms with E-state index in [1.165, 1.54) is 0 Å². The maximum Gasteiger partial charge on any atom is 0.260 e. The topological polar surface area (TPSA) is 125 Å². The second-order valence-corrected chi connectivity index (χ2v) is 7.25. The van der Waals surface area contributed by atoms with E-state index in [2.05, 4.69) is 0 Å². The number of benzene rings is 2. The van der Waals surface area contributed by atoms with Crippen LogP contribution < -0.4 is 17.2 Å². The first-order chi connectivity index (χ1) is 13.5. The summed E-state index contributed by atoms with van der Waals surface area (Å²) in [5.74, 6) is -1.12. The minimum atomic E-state index is -0.599. The zero-order valence-corrected chi connectivity index (χ0v) is 15.5. The Morgan fingerprint density at radius 2 is 1.57 bits per heavy atom. The normalized spacial score (nSPS) is 10.9. The highest BCUT2D eigenvalue weighted by atomic mass is 32.1. The van der Waals surface area contributed by atoms with Crippen molar-refractivity contribution in [1.29, 1.82) is 0 Å². The van der Waals surface area contributed by atoms with Crippen molar-refractivity contribution in [2.75, 3.05) is 5.73 Å². The predicted octanol–water partition coefficient (Wildman–Crippen LogP) is 3.41. The summed E-state index contributed by atoms with van der Waals surface area (Å²) in [5, 5.41) is 0.639. The molecule has 0 saturated carbocycles. The van der Waals surface area contributed by atoms with Crippen LogP contribution in [0.25, 0.3) is 32.6 Å². The van der Waals surface area contributed by atoms with Crippen LogP contribution in [-0.2, 0) is 0 Å². The van der Waals surface area contributed by atoms with E-state index in [0.717, 1.165) is 33.7 Å². The maximum absolute atomic E-state index is 11.8. The van der Waals surface area contributed by atoms with E-state index in [4.69, 9.17) is 22.2 Å². The number of fused-ring (bicyclic) bond motifs is 1. The number of amides is 2. The van der Waals surface area contributed by atoms with Gasteiger partial charge in [-0.3, -0.25) is 9.59 Å². The van der Waals surface area contributed by atoms with E-state index in [-0.39, 0.29) is 4.88 Å². The van der Waals surface area contributed by atoms with Gasteiger partial charge in [0, 0.05) is 16.5 Å². The molecule has 0 aliphatic heterocycles. The van der Waals surface area contributed by atoms with E-state index >= 15 is 0 Å². The summed E-state index contributed by atoms with van der Waals surface area (Å²) in [6, 6.07) is 18.5. The molecule has 0 unspecified atom stereocenters. The number of nitrogen functional groups attached to an aromatic ring is 1. The SMILES string of the molecule is NC(=O)c1cccc(-c2cc(-c3ccccc3)nc3sc(C(N)=O)c(N)c23)c1. The Hall–Kier alpha value is -3.71. The standard InChI is InChI=1S/C21H16N4O2S/c22-17-16-14(12-7-4-8-13(9-12)19(23)26)10-15(11-5-2-1-3-6-11)25-21(16)28-18(17)20(24)27/h1-10H,22H2,(H2,23,26)(H2,24,27). The van der Waals surface area contributed by atoms with Crippen LogP contribution in [0.4, 0.5) is 5.69 Å². The molecular weight excluding hydrogens is 372 g/mol. The van der Waals surface area contributed by atoms with Gasteiger partial charge in [0.2, 0.25) is 5.91 Å². The summed E-state index contributed by atoms with van der Waals surface area (Å²) in [4.78, 5) is 29.0. The van der Waals surface area contributed by atoms with Gasteiger partial charge in [-0.2, -0.15) is 0 Å². The second kappa shape index (κ2) is 6.79. The zero-order chi connectivity index (χ0) is 19.8. The highest BCUT2D eigenvalue weighted by Gasteiger charge is 2.20. The Bertz CT molecular complexity index is 1230. The van der Waals surface area contributed by atoms with Crippen LogP contribution in [0.5, 0.6) is 0 Å². The number of thiophene rings is 1. The van der Waals surface area contributed by atoms with E-state index < -0.39 is 11.8 Å². The Morgan fingerprint density at radius 3 is 2.25 bits per heavy atom. The van der Waals surface area contributed by atoms with Gasteiger partial charge < -0.3 is 17.2 Å². The molecule has 6 N–H and O–H groups in total. The van der Waals surface area contributed by atoms with Gasteiger partial charge in [0.05, 0.1) is 11.4 Å². The van der Waals surface area contributed by atoms with Gasteiger partial charge in [-0.25, -0.2) is 4.98 Å². The molecule has 0 aliphatic carbocycles. The number of primary amides is 2. The van der Waals surface area contributed by atoms with Crippen LogP contribution >= 0.6 is 11.3 Å². The van der Waals surface area contributed by atoms with Gasteiger partial charge in [0.15, 0.2) is 0 Å². The van der Waals surface area contributed by atoms with Crippen molar-refractivity contribution in [3.8, 4) is 22.4 Å². The van der Waals surface area contributed by atoms with Crippen LogP contribution in [0, 0.1) is 0 Å². The highest BCUT2D eigenvalue weighted by molar-refractivity contribution is 7.21. The number of anilines is 1. The first-order valence-corrected chi connectivity index (χ1v) is 9.26. The van der Waals surface area contributed by atoms with Crippen LogP contribution in [0.15, 0.2) is 60.7 Å². The molecule has 7 heteroatoms. The van der Waals surface area contributed by atoms with E-state index in [1.807, 2.05) is 42.5 Å². The third-order valence-electron chi connectivity index (χ3n) is 4.45. The average Bonchev–Trinajstić information content (AvgIpc) is 3.05. The van der Waals surface area contributed by atoms with Crippen LogP contribution in [0.3, 0.4) is 0 Å². The molecule has 2 heterocycles. The molecule has 0 spiro atoms. The van der Waals surface area contributed by atoms with Gasteiger partial charge in [0.1, 0.15) is 9.71 Å². The molecule has 28 heavy (non-hydrogen) atoms. The van der Waals surface area contributed by atoms with Gasteiger partial charge in [-0.1, -0.05) is 42.5 Å². The van der Waals surface area contributed by atoms with Gasteiger partial charge in [0.25, 0.3) is 5.91 Å². The lowest BCUT2D eigenvalue weighted by Gasteiger charge is -2.10. The van der Waals surface area contributed by atoms with Crippen molar-refractivity contribution in [1.82, 2.24) is 4.98 Å². The van der Waals surface area contributed by atoms with Crippen molar-refractivity contribution < 1.29 is 9.59 Å². The summed E-state index contributed by atoms with van der Waals surface area (Å²) in [6.07, 6.45) is 0. The lowest BCUT2D eigenvalue weighted by atomic mass is 9.98. The number of hydrogen-bond donors (Lipinski definition) is 3. The molecule has 138 valence electrons. The smallest absolute Gasteiger partial charge is 0.260 e. The molecule has 0 aliphatic rings. The number of nitrogens with two attached hydrogens (primary N) is 3. The molecule has 0 fully saturated rings. The van der Waals surface area contributed by atoms with Gasteiger partial charge in [-0.15, -0.1) is 11.3 Å². The number of rotatable bonds is 4. The lowest BCUT2D eigenvalue weighted by Crippen LogP contribution is -2.11. The second-order valence-electron chi connectivity index (χ2n) is 6.26. The molecule has 2 aromatic heterocycles. The molecule has 0 saturated heterocycles. The maximum atomic E-state index is 11.8. The quantitative estimate of drug-likeness (QED) is 0.495.